The molecule has 2 aromatic rings. The molecule has 1 unspecified atom stereocenters. The summed E-state index contributed by atoms with van der Waals surface area (Å²) in [5, 5.41) is 9.41. The van der Waals surface area contributed by atoms with E-state index in [4.69, 9.17) is 4.74 Å². The molecule has 1 saturated heterocycles. The van der Waals surface area contributed by atoms with E-state index in [9.17, 15) is 19.5 Å². The van der Waals surface area contributed by atoms with Gasteiger partial charge in [0.15, 0.2) is 0 Å². The normalized spacial score (nSPS) is 19.4. The number of carbonyl (C=O) groups excluding carboxylic acids is 2. The van der Waals surface area contributed by atoms with E-state index in [1.807, 2.05) is 0 Å². The summed E-state index contributed by atoms with van der Waals surface area (Å²) in [4.78, 5) is 37.5. The number of carbonyl (C=O) groups is 3. The molecule has 1 aliphatic heterocycles. The van der Waals surface area contributed by atoms with Crippen molar-refractivity contribution in [2.75, 3.05) is 6.54 Å². The lowest BCUT2D eigenvalue weighted by Gasteiger charge is -2.21. The number of amides is 1. The van der Waals surface area contributed by atoms with E-state index in [1.165, 1.54) is 4.90 Å². The van der Waals surface area contributed by atoms with Crippen LogP contribution in [0, 0.1) is 0 Å². The first-order chi connectivity index (χ1) is 12.1. The Morgan fingerprint density at radius 1 is 0.920 bits per heavy atom. The zero-order chi connectivity index (χ0) is 17.8. The van der Waals surface area contributed by atoms with Crippen molar-refractivity contribution < 1.29 is 24.2 Å². The van der Waals surface area contributed by atoms with E-state index < -0.39 is 24.1 Å². The Bertz CT molecular complexity index is 775. The topological polar surface area (TPSA) is 83.9 Å². The van der Waals surface area contributed by atoms with Crippen molar-refractivity contribution in [2.45, 2.75) is 18.6 Å². The SMILES string of the molecule is O=C(OC1C[C@@H](C(=O)O)N(C(=O)c2ccccc2)C1)c1ccccc1. The Kier molecular flexibility index (Phi) is 4.79. The number of hydrogen-bond acceptors (Lipinski definition) is 4. The number of carboxylic acids is 1. The molecule has 1 amide bonds. The van der Waals surface area contributed by atoms with Crippen LogP contribution in [0.15, 0.2) is 60.7 Å². The first-order valence-electron chi connectivity index (χ1n) is 7.91. The van der Waals surface area contributed by atoms with Crippen LogP contribution in [0.3, 0.4) is 0 Å². The molecule has 1 fully saturated rings. The Morgan fingerprint density at radius 3 is 2.04 bits per heavy atom. The van der Waals surface area contributed by atoms with Gasteiger partial charge in [-0.25, -0.2) is 9.59 Å². The first-order valence-corrected chi connectivity index (χ1v) is 7.91. The van der Waals surface area contributed by atoms with Crippen LogP contribution in [0.4, 0.5) is 0 Å². The van der Waals surface area contributed by atoms with Gasteiger partial charge in [0.1, 0.15) is 12.1 Å². The fraction of sp³-hybridized carbons (Fsp3) is 0.211. The maximum absolute atomic E-state index is 12.6. The van der Waals surface area contributed by atoms with Crippen LogP contribution in [0.1, 0.15) is 27.1 Å². The highest BCUT2D eigenvalue weighted by Gasteiger charge is 2.41. The van der Waals surface area contributed by atoms with Gasteiger partial charge in [-0.1, -0.05) is 36.4 Å². The Balaban J connectivity index is 1.73. The predicted octanol–water partition coefficient (Wildman–Crippen LogP) is 2.21. The lowest BCUT2D eigenvalue weighted by atomic mass is 10.1. The van der Waals surface area contributed by atoms with Crippen molar-refractivity contribution in [3.63, 3.8) is 0 Å². The second-order valence-electron chi connectivity index (χ2n) is 5.81. The molecule has 0 aromatic heterocycles. The van der Waals surface area contributed by atoms with E-state index in [2.05, 4.69) is 0 Å². The van der Waals surface area contributed by atoms with Crippen LogP contribution in [-0.4, -0.2) is 46.5 Å². The van der Waals surface area contributed by atoms with Crippen molar-refractivity contribution >= 4 is 17.8 Å². The number of hydrogen-bond donors (Lipinski definition) is 1. The molecule has 2 atom stereocenters. The largest absolute Gasteiger partial charge is 0.480 e. The van der Waals surface area contributed by atoms with Gasteiger partial charge >= 0.3 is 11.9 Å². The molecule has 25 heavy (non-hydrogen) atoms. The second-order valence-corrected chi connectivity index (χ2v) is 5.81. The monoisotopic (exact) mass is 339 g/mol. The molecule has 0 aliphatic carbocycles. The summed E-state index contributed by atoms with van der Waals surface area (Å²) in [6.45, 7) is 0.0588. The molecule has 1 N–H and O–H groups in total. The summed E-state index contributed by atoms with van der Waals surface area (Å²) < 4.78 is 5.40. The standard InChI is InChI=1S/C19H17NO5/c21-17(13-7-3-1-4-8-13)20-12-15(11-16(20)18(22)23)25-19(24)14-9-5-2-6-10-14/h1-10,15-16H,11-12H2,(H,22,23)/t15?,16-/m0/s1. The number of rotatable bonds is 4. The molecule has 2 aromatic carbocycles. The van der Waals surface area contributed by atoms with Gasteiger partial charge in [0.25, 0.3) is 5.91 Å². The predicted molar refractivity (Wildman–Crippen MR) is 89.2 cm³/mol. The van der Waals surface area contributed by atoms with E-state index in [1.54, 1.807) is 60.7 Å². The minimum atomic E-state index is -1.11. The van der Waals surface area contributed by atoms with Gasteiger partial charge in [-0.05, 0) is 24.3 Å². The number of esters is 1. The lowest BCUT2D eigenvalue weighted by Crippen LogP contribution is -2.40. The maximum Gasteiger partial charge on any atom is 0.338 e. The van der Waals surface area contributed by atoms with Crippen molar-refractivity contribution in [2.24, 2.45) is 0 Å². The third-order valence-electron chi connectivity index (χ3n) is 4.11. The molecule has 6 heteroatoms. The van der Waals surface area contributed by atoms with Crippen LogP contribution in [0.5, 0.6) is 0 Å². The number of aliphatic carboxylic acids is 1. The fourth-order valence-corrected chi connectivity index (χ4v) is 2.88. The van der Waals surface area contributed by atoms with Crippen molar-refractivity contribution in [1.82, 2.24) is 4.90 Å². The molecule has 1 aliphatic rings. The van der Waals surface area contributed by atoms with Crippen LogP contribution >= 0.6 is 0 Å². The number of nitrogens with zero attached hydrogens (tertiary/aromatic N) is 1. The zero-order valence-electron chi connectivity index (χ0n) is 13.4. The lowest BCUT2D eigenvalue weighted by molar-refractivity contribution is -0.141. The number of carboxylic acid groups (broad SMARTS) is 1. The molecular weight excluding hydrogens is 322 g/mol. The number of benzene rings is 2. The van der Waals surface area contributed by atoms with E-state index in [0.29, 0.717) is 11.1 Å². The maximum atomic E-state index is 12.6. The van der Waals surface area contributed by atoms with Gasteiger partial charge in [-0.3, -0.25) is 4.79 Å². The van der Waals surface area contributed by atoms with Gasteiger partial charge in [0.2, 0.25) is 0 Å². The molecular formula is C19H17NO5. The quantitative estimate of drug-likeness (QED) is 0.864. The summed E-state index contributed by atoms with van der Waals surface area (Å²) >= 11 is 0. The molecule has 6 nitrogen and oxygen atoms in total. The first kappa shape index (κ1) is 16.7. The average Bonchev–Trinajstić information content (AvgIpc) is 3.06. The molecule has 0 spiro atoms. The summed E-state index contributed by atoms with van der Waals surface area (Å²) in [7, 11) is 0. The number of likely N-dealkylation sites (tertiary alicyclic amines) is 1. The smallest absolute Gasteiger partial charge is 0.338 e. The average molecular weight is 339 g/mol. The third kappa shape index (κ3) is 3.68. The Morgan fingerprint density at radius 2 is 1.48 bits per heavy atom. The van der Waals surface area contributed by atoms with E-state index in [-0.39, 0.29) is 18.9 Å². The van der Waals surface area contributed by atoms with Gasteiger partial charge in [-0.2, -0.15) is 0 Å². The molecule has 0 radical (unpaired) electrons. The summed E-state index contributed by atoms with van der Waals surface area (Å²) in [6, 6.07) is 15.9. The minimum absolute atomic E-state index is 0.0588. The van der Waals surface area contributed by atoms with Crippen LogP contribution in [0.2, 0.25) is 0 Å². The van der Waals surface area contributed by atoms with Crippen molar-refractivity contribution in [3.05, 3.63) is 71.8 Å². The van der Waals surface area contributed by atoms with E-state index >= 15 is 0 Å². The highest BCUT2D eigenvalue weighted by atomic mass is 16.5. The van der Waals surface area contributed by atoms with Gasteiger partial charge in [0, 0.05) is 12.0 Å². The Labute approximate surface area is 144 Å². The van der Waals surface area contributed by atoms with Crippen LogP contribution < -0.4 is 0 Å². The van der Waals surface area contributed by atoms with E-state index in [0.717, 1.165) is 0 Å². The fourth-order valence-electron chi connectivity index (χ4n) is 2.88. The summed E-state index contributed by atoms with van der Waals surface area (Å²) in [5.74, 6) is -2.02. The van der Waals surface area contributed by atoms with Gasteiger partial charge in [0.05, 0.1) is 12.1 Å². The van der Waals surface area contributed by atoms with Crippen LogP contribution in [-0.2, 0) is 9.53 Å². The van der Waals surface area contributed by atoms with Crippen molar-refractivity contribution in [1.29, 1.82) is 0 Å². The summed E-state index contributed by atoms with van der Waals surface area (Å²) in [5.41, 5.74) is 0.797. The van der Waals surface area contributed by atoms with Crippen LogP contribution in [0.25, 0.3) is 0 Å². The Hall–Kier alpha value is -3.15. The van der Waals surface area contributed by atoms with Gasteiger partial charge < -0.3 is 14.7 Å². The zero-order valence-corrected chi connectivity index (χ0v) is 13.4. The molecule has 1 heterocycles. The molecule has 128 valence electrons. The minimum Gasteiger partial charge on any atom is -0.480 e. The molecule has 3 rings (SSSR count). The highest BCUT2D eigenvalue weighted by molar-refractivity contribution is 5.97. The molecule has 0 saturated carbocycles. The summed E-state index contributed by atoms with van der Waals surface area (Å²) in [6.07, 6.45) is -0.576. The highest BCUT2D eigenvalue weighted by Crippen LogP contribution is 2.24. The molecule has 0 bridgehead atoms. The number of ether oxygens (including phenoxy) is 1. The van der Waals surface area contributed by atoms with Gasteiger partial charge in [-0.15, -0.1) is 0 Å². The third-order valence-corrected chi connectivity index (χ3v) is 4.11. The second kappa shape index (κ2) is 7.17. The van der Waals surface area contributed by atoms with Crippen molar-refractivity contribution in [3.8, 4) is 0 Å².